The Morgan fingerprint density at radius 2 is 1.80 bits per heavy atom. The SMILES string of the molecule is O=C(OCC1CCCN2CCCCC12)C12CC3CC(CC(Br)(C3)C1)C2. The number of hydrogen-bond donors (Lipinski definition) is 0. The average Bonchev–Trinajstić information content (AvgIpc) is 2.57. The van der Waals surface area contributed by atoms with Crippen molar-refractivity contribution in [2.45, 2.75) is 81.0 Å². The number of nitrogens with zero attached hydrogens (tertiary/aromatic N) is 1. The number of ether oxygens (including phenoxy) is 1. The first kappa shape index (κ1) is 17.0. The molecule has 4 bridgehead atoms. The Labute approximate surface area is 160 Å². The first-order valence-electron chi connectivity index (χ1n) is 10.7. The Hall–Kier alpha value is -0.0900. The summed E-state index contributed by atoms with van der Waals surface area (Å²) in [7, 11) is 0. The maximum atomic E-state index is 13.2. The molecule has 0 spiro atoms. The molecule has 6 fully saturated rings. The highest BCUT2D eigenvalue weighted by Gasteiger charge is 2.60. The Balaban J connectivity index is 1.25. The van der Waals surface area contributed by atoms with Crippen molar-refractivity contribution in [3.05, 3.63) is 0 Å². The van der Waals surface area contributed by atoms with Crippen LogP contribution in [0.3, 0.4) is 0 Å². The van der Waals surface area contributed by atoms with Crippen LogP contribution in [0.15, 0.2) is 0 Å². The Morgan fingerprint density at radius 1 is 1.04 bits per heavy atom. The Morgan fingerprint density at radius 3 is 2.56 bits per heavy atom. The second-order valence-corrected chi connectivity index (χ2v) is 11.7. The minimum Gasteiger partial charge on any atom is -0.465 e. The van der Waals surface area contributed by atoms with Crippen LogP contribution >= 0.6 is 15.9 Å². The molecule has 0 aromatic rings. The van der Waals surface area contributed by atoms with E-state index in [9.17, 15) is 4.79 Å². The summed E-state index contributed by atoms with van der Waals surface area (Å²) in [4.78, 5) is 15.9. The number of hydrogen-bond acceptors (Lipinski definition) is 3. The molecule has 0 amide bonds. The lowest BCUT2D eigenvalue weighted by Crippen LogP contribution is -2.56. The molecule has 3 nitrogen and oxygen atoms in total. The summed E-state index contributed by atoms with van der Waals surface area (Å²) in [6.45, 7) is 3.19. The van der Waals surface area contributed by atoms with E-state index in [0.29, 0.717) is 18.6 Å². The van der Waals surface area contributed by atoms with Crippen LogP contribution < -0.4 is 0 Å². The zero-order valence-electron chi connectivity index (χ0n) is 15.4. The summed E-state index contributed by atoms with van der Waals surface area (Å²) in [5, 5.41) is 0. The van der Waals surface area contributed by atoms with Crippen LogP contribution in [0.1, 0.15) is 70.6 Å². The average molecular weight is 410 g/mol. The third kappa shape index (κ3) is 2.99. The molecule has 4 aliphatic carbocycles. The largest absolute Gasteiger partial charge is 0.465 e. The first-order chi connectivity index (χ1) is 12.1. The van der Waals surface area contributed by atoms with Gasteiger partial charge in [-0.1, -0.05) is 22.4 Å². The van der Waals surface area contributed by atoms with Gasteiger partial charge in [0.15, 0.2) is 0 Å². The third-order valence-electron chi connectivity index (χ3n) is 8.08. The molecule has 140 valence electrons. The number of piperidine rings is 2. The smallest absolute Gasteiger partial charge is 0.312 e. The fraction of sp³-hybridized carbons (Fsp3) is 0.952. The van der Waals surface area contributed by atoms with E-state index >= 15 is 0 Å². The maximum absolute atomic E-state index is 13.2. The molecule has 2 heterocycles. The van der Waals surface area contributed by atoms with Gasteiger partial charge in [0.25, 0.3) is 0 Å². The van der Waals surface area contributed by atoms with E-state index in [1.165, 1.54) is 64.5 Å². The molecule has 0 N–H and O–H groups in total. The summed E-state index contributed by atoms with van der Waals surface area (Å²) >= 11 is 4.02. The number of esters is 1. The molecule has 2 aliphatic heterocycles. The maximum Gasteiger partial charge on any atom is 0.312 e. The number of fused-ring (bicyclic) bond motifs is 1. The van der Waals surface area contributed by atoms with E-state index in [-0.39, 0.29) is 15.7 Å². The van der Waals surface area contributed by atoms with Crippen molar-refractivity contribution in [1.29, 1.82) is 0 Å². The monoisotopic (exact) mass is 409 g/mol. The molecule has 6 rings (SSSR count). The van der Waals surface area contributed by atoms with E-state index < -0.39 is 0 Å². The molecule has 4 heteroatoms. The van der Waals surface area contributed by atoms with Crippen LogP contribution in [-0.2, 0) is 9.53 Å². The van der Waals surface area contributed by atoms with E-state index in [0.717, 1.165) is 31.1 Å². The molecule has 2 saturated heterocycles. The number of alkyl halides is 1. The van der Waals surface area contributed by atoms with Gasteiger partial charge < -0.3 is 4.74 Å². The summed E-state index contributed by atoms with van der Waals surface area (Å²) in [5.41, 5.74) is -0.158. The summed E-state index contributed by atoms with van der Waals surface area (Å²) in [6, 6.07) is 0.675. The van der Waals surface area contributed by atoms with Crippen LogP contribution in [0.25, 0.3) is 0 Å². The highest BCUT2D eigenvalue weighted by atomic mass is 79.9. The predicted octanol–water partition coefficient (Wildman–Crippen LogP) is 4.53. The van der Waals surface area contributed by atoms with Gasteiger partial charge in [0.1, 0.15) is 0 Å². The number of carbonyl (C=O) groups is 1. The van der Waals surface area contributed by atoms with Crippen molar-refractivity contribution in [3.63, 3.8) is 0 Å². The molecule has 0 aromatic carbocycles. The van der Waals surface area contributed by atoms with Crippen LogP contribution in [0.5, 0.6) is 0 Å². The van der Waals surface area contributed by atoms with Gasteiger partial charge in [-0.15, -0.1) is 0 Å². The van der Waals surface area contributed by atoms with E-state index in [2.05, 4.69) is 20.8 Å². The van der Waals surface area contributed by atoms with Crippen molar-refractivity contribution in [2.24, 2.45) is 23.2 Å². The number of carbonyl (C=O) groups excluding carboxylic acids is 1. The molecule has 4 saturated carbocycles. The van der Waals surface area contributed by atoms with E-state index in [1.54, 1.807) is 0 Å². The van der Waals surface area contributed by atoms with Gasteiger partial charge in [-0.2, -0.15) is 0 Å². The Kier molecular flexibility index (Phi) is 4.24. The molecule has 4 unspecified atom stereocenters. The fourth-order valence-electron chi connectivity index (χ4n) is 7.50. The zero-order chi connectivity index (χ0) is 17.1. The summed E-state index contributed by atoms with van der Waals surface area (Å²) in [6.07, 6.45) is 13.6. The van der Waals surface area contributed by atoms with Crippen LogP contribution in [-0.4, -0.2) is 40.9 Å². The van der Waals surface area contributed by atoms with Crippen LogP contribution in [0.4, 0.5) is 0 Å². The second kappa shape index (κ2) is 6.22. The lowest BCUT2D eigenvalue weighted by atomic mass is 9.49. The topological polar surface area (TPSA) is 29.5 Å². The van der Waals surface area contributed by atoms with Gasteiger partial charge in [0.05, 0.1) is 12.0 Å². The van der Waals surface area contributed by atoms with Crippen LogP contribution in [0.2, 0.25) is 0 Å². The molecular formula is C21H32BrNO2. The molecule has 0 aromatic heterocycles. The van der Waals surface area contributed by atoms with Gasteiger partial charge in [0.2, 0.25) is 0 Å². The highest BCUT2D eigenvalue weighted by molar-refractivity contribution is 9.10. The quantitative estimate of drug-likeness (QED) is 0.506. The lowest BCUT2D eigenvalue weighted by Gasteiger charge is -2.58. The molecule has 0 radical (unpaired) electrons. The van der Waals surface area contributed by atoms with Crippen LogP contribution in [0, 0.1) is 23.2 Å². The minimum atomic E-state index is -0.158. The summed E-state index contributed by atoms with van der Waals surface area (Å²) < 4.78 is 6.31. The van der Waals surface area contributed by atoms with Gasteiger partial charge in [-0.3, -0.25) is 9.69 Å². The Bertz CT molecular complexity index is 534. The lowest BCUT2D eigenvalue weighted by molar-refractivity contribution is -0.172. The van der Waals surface area contributed by atoms with Gasteiger partial charge in [-0.05, 0) is 89.1 Å². The number of halogens is 1. The van der Waals surface area contributed by atoms with Crippen molar-refractivity contribution in [3.8, 4) is 0 Å². The molecule has 4 atom stereocenters. The minimum absolute atomic E-state index is 0.151. The normalized spacial score (nSPS) is 49.0. The number of rotatable bonds is 3. The van der Waals surface area contributed by atoms with Gasteiger partial charge in [-0.25, -0.2) is 0 Å². The molecular weight excluding hydrogens is 378 g/mol. The van der Waals surface area contributed by atoms with Crippen molar-refractivity contribution < 1.29 is 9.53 Å². The standard InChI is InChI=1S/C21H32BrNO2/c22-21-11-15-8-16(12-21)10-20(9-15,14-21)19(24)25-13-17-4-3-7-23-6-2-1-5-18(17)23/h15-18H,1-14H2. The highest BCUT2D eigenvalue weighted by Crippen LogP contribution is 2.64. The van der Waals surface area contributed by atoms with Crippen molar-refractivity contribution in [2.75, 3.05) is 19.7 Å². The predicted molar refractivity (Wildman–Crippen MR) is 102 cm³/mol. The summed E-state index contributed by atoms with van der Waals surface area (Å²) in [5.74, 6) is 2.22. The van der Waals surface area contributed by atoms with Crippen molar-refractivity contribution in [1.82, 2.24) is 4.90 Å². The van der Waals surface area contributed by atoms with Gasteiger partial charge in [0, 0.05) is 16.3 Å². The second-order valence-electron chi connectivity index (χ2n) is 9.99. The first-order valence-corrected chi connectivity index (χ1v) is 11.4. The van der Waals surface area contributed by atoms with E-state index in [1.807, 2.05) is 0 Å². The zero-order valence-corrected chi connectivity index (χ0v) is 16.9. The third-order valence-corrected chi connectivity index (χ3v) is 9.01. The fourth-order valence-corrected chi connectivity index (χ4v) is 8.95. The van der Waals surface area contributed by atoms with Crippen molar-refractivity contribution >= 4 is 21.9 Å². The molecule has 6 aliphatic rings. The van der Waals surface area contributed by atoms with E-state index in [4.69, 9.17) is 4.74 Å². The van der Waals surface area contributed by atoms with Gasteiger partial charge >= 0.3 is 5.97 Å². The molecule has 25 heavy (non-hydrogen) atoms.